The fourth-order valence-corrected chi connectivity index (χ4v) is 2.96. The summed E-state index contributed by atoms with van der Waals surface area (Å²) in [5.74, 6) is 1.60. The lowest BCUT2D eigenvalue weighted by Gasteiger charge is -2.16. The van der Waals surface area contributed by atoms with Crippen LogP contribution < -0.4 is 5.32 Å². The summed E-state index contributed by atoms with van der Waals surface area (Å²) in [7, 11) is 0. The molecule has 5 heteroatoms. The van der Waals surface area contributed by atoms with Gasteiger partial charge in [-0.25, -0.2) is 9.67 Å². The van der Waals surface area contributed by atoms with Crippen molar-refractivity contribution in [2.24, 2.45) is 5.92 Å². The molecule has 0 saturated heterocycles. The number of aromatic nitrogens is 3. The van der Waals surface area contributed by atoms with Gasteiger partial charge < -0.3 is 5.32 Å². The van der Waals surface area contributed by atoms with Crippen LogP contribution >= 0.6 is 11.3 Å². The number of hydrogen-bond donors (Lipinski definition) is 1. The summed E-state index contributed by atoms with van der Waals surface area (Å²) >= 11 is 1.80. The smallest absolute Gasteiger partial charge is 0.140 e. The molecule has 19 heavy (non-hydrogen) atoms. The molecule has 0 aliphatic rings. The molecular weight excluding hydrogens is 256 g/mol. The average Bonchev–Trinajstić information content (AvgIpc) is 3.01. The molecule has 1 atom stereocenters. The molecule has 0 amide bonds. The molecule has 0 aliphatic carbocycles. The average molecular weight is 278 g/mol. The Morgan fingerprint density at radius 1 is 1.42 bits per heavy atom. The third-order valence-electron chi connectivity index (χ3n) is 3.04. The second-order valence-corrected chi connectivity index (χ2v) is 6.09. The van der Waals surface area contributed by atoms with Crippen molar-refractivity contribution in [1.82, 2.24) is 20.1 Å². The van der Waals surface area contributed by atoms with Crippen LogP contribution in [-0.2, 0) is 13.1 Å². The van der Waals surface area contributed by atoms with Crippen molar-refractivity contribution in [2.45, 2.75) is 46.3 Å². The predicted octanol–water partition coefficient (Wildman–Crippen LogP) is 3.24. The first-order chi connectivity index (χ1) is 9.20. The highest BCUT2D eigenvalue weighted by atomic mass is 32.1. The van der Waals surface area contributed by atoms with E-state index in [1.54, 1.807) is 17.7 Å². The van der Waals surface area contributed by atoms with E-state index >= 15 is 0 Å². The van der Waals surface area contributed by atoms with Gasteiger partial charge in [0.1, 0.15) is 12.2 Å². The highest BCUT2D eigenvalue weighted by Gasteiger charge is 2.12. The minimum atomic E-state index is 0.407. The van der Waals surface area contributed by atoms with E-state index in [0.717, 1.165) is 25.3 Å². The first-order valence-corrected chi connectivity index (χ1v) is 7.72. The largest absolute Gasteiger partial charge is 0.302 e. The molecule has 2 rings (SSSR count). The van der Waals surface area contributed by atoms with Crippen LogP contribution in [0, 0.1) is 5.92 Å². The van der Waals surface area contributed by atoms with Crippen molar-refractivity contribution < 1.29 is 0 Å². The van der Waals surface area contributed by atoms with Gasteiger partial charge in [-0.3, -0.25) is 0 Å². The van der Waals surface area contributed by atoms with Gasteiger partial charge >= 0.3 is 0 Å². The van der Waals surface area contributed by atoms with E-state index in [0.29, 0.717) is 12.0 Å². The van der Waals surface area contributed by atoms with E-state index in [1.807, 2.05) is 4.68 Å². The van der Waals surface area contributed by atoms with Crippen LogP contribution in [0.2, 0.25) is 0 Å². The van der Waals surface area contributed by atoms with Gasteiger partial charge in [-0.05, 0) is 23.8 Å². The van der Waals surface area contributed by atoms with Crippen LogP contribution in [0.4, 0.5) is 0 Å². The third kappa shape index (κ3) is 3.88. The molecule has 0 bridgehead atoms. The standard InChI is InChI=1S/C14H22N4S/c1-4-12(13-6-5-7-19-13)15-8-14-16-10-17-18(14)9-11(2)3/h5-7,10-12,15H,4,8-9H2,1-3H3. The Balaban J connectivity index is 1.96. The highest BCUT2D eigenvalue weighted by molar-refractivity contribution is 7.10. The number of nitrogens with one attached hydrogen (secondary N) is 1. The lowest BCUT2D eigenvalue weighted by Crippen LogP contribution is -2.22. The third-order valence-corrected chi connectivity index (χ3v) is 4.02. The molecule has 0 radical (unpaired) electrons. The normalized spacial score (nSPS) is 13.1. The first kappa shape index (κ1) is 14.2. The first-order valence-electron chi connectivity index (χ1n) is 6.84. The maximum Gasteiger partial charge on any atom is 0.140 e. The minimum Gasteiger partial charge on any atom is -0.302 e. The second-order valence-electron chi connectivity index (χ2n) is 5.11. The fraction of sp³-hybridized carbons (Fsp3) is 0.571. The molecule has 2 aromatic heterocycles. The number of nitrogens with zero attached hydrogens (tertiary/aromatic N) is 3. The molecule has 2 heterocycles. The number of thiophene rings is 1. The Bertz CT molecular complexity index is 475. The molecule has 1 N–H and O–H groups in total. The van der Waals surface area contributed by atoms with Crippen molar-refractivity contribution >= 4 is 11.3 Å². The van der Waals surface area contributed by atoms with Gasteiger partial charge in [0.2, 0.25) is 0 Å². The molecule has 0 fully saturated rings. The molecule has 1 unspecified atom stereocenters. The lowest BCUT2D eigenvalue weighted by atomic mass is 10.2. The lowest BCUT2D eigenvalue weighted by molar-refractivity contribution is 0.442. The van der Waals surface area contributed by atoms with E-state index < -0.39 is 0 Å². The van der Waals surface area contributed by atoms with Crippen LogP contribution in [0.3, 0.4) is 0 Å². The number of hydrogen-bond acceptors (Lipinski definition) is 4. The van der Waals surface area contributed by atoms with Crippen LogP contribution in [0.1, 0.15) is 43.9 Å². The van der Waals surface area contributed by atoms with Gasteiger partial charge in [0.15, 0.2) is 0 Å². The summed E-state index contributed by atoms with van der Waals surface area (Å²) < 4.78 is 2.00. The van der Waals surface area contributed by atoms with Crippen LogP contribution in [-0.4, -0.2) is 14.8 Å². The zero-order valence-corrected chi connectivity index (χ0v) is 12.7. The highest BCUT2D eigenvalue weighted by Crippen LogP contribution is 2.21. The van der Waals surface area contributed by atoms with E-state index in [4.69, 9.17) is 0 Å². The Kier molecular flexibility index (Phi) is 5.10. The second kappa shape index (κ2) is 6.82. The Morgan fingerprint density at radius 3 is 2.89 bits per heavy atom. The monoisotopic (exact) mass is 278 g/mol. The Labute approximate surface area is 118 Å². The van der Waals surface area contributed by atoms with Crippen molar-refractivity contribution in [1.29, 1.82) is 0 Å². The fourth-order valence-electron chi connectivity index (χ4n) is 2.07. The summed E-state index contributed by atoms with van der Waals surface area (Å²) in [6.07, 6.45) is 2.73. The molecule has 4 nitrogen and oxygen atoms in total. The van der Waals surface area contributed by atoms with Crippen LogP contribution in [0.5, 0.6) is 0 Å². The van der Waals surface area contributed by atoms with E-state index in [1.165, 1.54) is 4.88 Å². The van der Waals surface area contributed by atoms with E-state index in [2.05, 4.69) is 53.7 Å². The van der Waals surface area contributed by atoms with E-state index in [9.17, 15) is 0 Å². The molecule has 0 aromatic carbocycles. The molecule has 0 saturated carbocycles. The van der Waals surface area contributed by atoms with Crippen molar-refractivity contribution in [3.8, 4) is 0 Å². The van der Waals surface area contributed by atoms with Gasteiger partial charge in [0, 0.05) is 17.5 Å². The summed E-state index contributed by atoms with van der Waals surface area (Å²) in [5, 5.41) is 9.99. The summed E-state index contributed by atoms with van der Waals surface area (Å²) in [6.45, 7) is 8.28. The molecule has 0 aliphatic heterocycles. The topological polar surface area (TPSA) is 42.7 Å². The van der Waals surface area contributed by atoms with Gasteiger partial charge in [0.05, 0.1) is 6.54 Å². The Hall–Kier alpha value is -1.20. The summed E-state index contributed by atoms with van der Waals surface area (Å²) in [4.78, 5) is 5.74. The van der Waals surface area contributed by atoms with Crippen molar-refractivity contribution in [3.05, 3.63) is 34.5 Å². The quantitative estimate of drug-likeness (QED) is 0.845. The van der Waals surface area contributed by atoms with Crippen molar-refractivity contribution in [3.63, 3.8) is 0 Å². The van der Waals surface area contributed by atoms with Crippen LogP contribution in [0.15, 0.2) is 23.8 Å². The molecule has 104 valence electrons. The summed E-state index contributed by atoms with van der Waals surface area (Å²) in [5.41, 5.74) is 0. The molecule has 2 aromatic rings. The van der Waals surface area contributed by atoms with Crippen molar-refractivity contribution in [2.75, 3.05) is 0 Å². The minimum absolute atomic E-state index is 0.407. The zero-order chi connectivity index (χ0) is 13.7. The van der Waals surface area contributed by atoms with Gasteiger partial charge in [-0.2, -0.15) is 5.10 Å². The van der Waals surface area contributed by atoms with Crippen LogP contribution in [0.25, 0.3) is 0 Å². The van der Waals surface area contributed by atoms with E-state index in [-0.39, 0.29) is 0 Å². The zero-order valence-electron chi connectivity index (χ0n) is 11.8. The summed E-state index contributed by atoms with van der Waals surface area (Å²) in [6, 6.07) is 4.69. The molecular formula is C14H22N4S. The molecule has 0 spiro atoms. The van der Waals surface area contributed by atoms with Gasteiger partial charge in [-0.1, -0.05) is 26.8 Å². The predicted molar refractivity (Wildman–Crippen MR) is 79.1 cm³/mol. The SMILES string of the molecule is CCC(NCc1ncnn1CC(C)C)c1cccs1. The maximum absolute atomic E-state index is 4.35. The Morgan fingerprint density at radius 2 is 2.26 bits per heavy atom. The number of rotatable bonds is 7. The van der Waals surface area contributed by atoms with Gasteiger partial charge in [0.25, 0.3) is 0 Å². The van der Waals surface area contributed by atoms with Gasteiger partial charge in [-0.15, -0.1) is 11.3 Å². The maximum atomic E-state index is 4.35.